The fourth-order valence-electron chi connectivity index (χ4n) is 2.89. The first-order valence-electron chi connectivity index (χ1n) is 6.04. The molecule has 0 radical (unpaired) electrons. The van der Waals surface area contributed by atoms with Crippen LogP contribution in [0.3, 0.4) is 0 Å². The Morgan fingerprint density at radius 1 is 1.38 bits per heavy atom. The molecular formula is C13H17BrN2. The predicted octanol–water partition coefficient (Wildman–Crippen LogP) is 2.04. The van der Waals surface area contributed by atoms with Gasteiger partial charge in [0.15, 0.2) is 0 Å². The summed E-state index contributed by atoms with van der Waals surface area (Å²) in [5.41, 5.74) is 1.43. The van der Waals surface area contributed by atoms with Crippen molar-refractivity contribution >= 4 is 15.9 Å². The van der Waals surface area contributed by atoms with Gasteiger partial charge in [0.2, 0.25) is 0 Å². The average molecular weight is 281 g/mol. The number of halogens is 1. The van der Waals surface area contributed by atoms with E-state index in [1.54, 1.807) is 0 Å². The third-order valence-electron chi connectivity index (χ3n) is 3.80. The monoisotopic (exact) mass is 280 g/mol. The molecule has 2 atom stereocenters. The molecule has 2 unspecified atom stereocenters. The van der Waals surface area contributed by atoms with Gasteiger partial charge in [0.25, 0.3) is 0 Å². The van der Waals surface area contributed by atoms with Crippen molar-refractivity contribution in [3.05, 3.63) is 34.3 Å². The topological polar surface area (TPSA) is 15.3 Å². The Hall–Kier alpha value is -0.380. The number of hydrogen-bond donors (Lipinski definition) is 1. The van der Waals surface area contributed by atoms with Crippen LogP contribution in [0.1, 0.15) is 12.0 Å². The van der Waals surface area contributed by atoms with E-state index in [0.717, 1.165) is 18.5 Å². The maximum atomic E-state index is 3.62. The van der Waals surface area contributed by atoms with E-state index in [9.17, 15) is 0 Å². The number of nitrogens with zero attached hydrogens (tertiary/aromatic N) is 1. The average Bonchev–Trinajstić information content (AvgIpc) is 2.90. The fourth-order valence-corrected chi connectivity index (χ4v) is 3.37. The van der Waals surface area contributed by atoms with Gasteiger partial charge in [0, 0.05) is 36.2 Å². The van der Waals surface area contributed by atoms with Crippen molar-refractivity contribution < 1.29 is 0 Å². The van der Waals surface area contributed by atoms with E-state index in [1.807, 2.05) is 0 Å². The van der Waals surface area contributed by atoms with Gasteiger partial charge in [0.1, 0.15) is 0 Å². The molecule has 2 heterocycles. The van der Waals surface area contributed by atoms with E-state index in [2.05, 4.69) is 50.4 Å². The molecule has 3 heteroatoms. The van der Waals surface area contributed by atoms with Gasteiger partial charge in [-0.15, -0.1) is 0 Å². The number of benzene rings is 1. The molecule has 86 valence electrons. The van der Waals surface area contributed by atoms with E-state index in [0.29, 0.717) is 0 Å². The van der Waals surface area contributed by atoms with Crippen molar-refractivity contribution in [2.75, 3.05) is 19.6 Å². The van der Waals surface area contributed by atoms with Crippen LogP contribution in [0.4, 0.5) is 0 Å². The summed E-state index contributed by atoms with van der Waals surface area (Å²) in [5, 5.41) is 3.54. The highest BCUT2D eigenvalue weighted by Crippen LogP contribution is 2.24. The fraction of sp³-hybridized carbons (Fsp3) is 0.538. The van der Waals surface area contributed by atoms with Crippen LogP contribution in [-0.4, -0.2) is 36.6 Å². The van der Waals surface area contributed by atoms with Crippen molar-refractivity contribution in [3.8, 4) is 0 Å². The summed E-state index contributed by atoms with van der Waals surface area (Å²) in [4.78, 5) is 2.64. The van der Waals surface area contributed by atoms with E-state index in [4.69, 9.17) is 0 Å². The highest BCUT2D eigenvalue weighted by Gasteiger charge is 2.36. The molecule has 0 amide bonds. The second kappa shape index (κ2) is 4.47. The summed E-state index contributed by atoms with van der Waals surface area (Å²) in [6.45, 7) is 3.64. The quantitative estimate of drug-likeness (QED) is 0.912. The Balaban J connectivity index is 1.59. The Morgan fingerprint density at radius 2 is 2.25 bits per heavy atom. The molecule has 16 heavy (non-hydrogen) atoms. The largest absolute Gasteiger partial charge is 0.311 e. The molecule has 0 saturated carbocycles. The van der Waals surface area contributed by atoms with Gasteiger partial charge < -0.3 is 5.32 Å². The lowest BCUT2D eigenvalue weighted by Gasteiger charge is -2.27. The zero-order chi connectivity index (χ0) is 11.0. The van der Waals surface area contributed by atoms with Gasteiger partial charge in [-0.25, -0.2) is 0 Å². The summed E-state index contributed by atoms with van der Waals surface area (Å²) in [6, 6.07) is 10.1. The Labute approximate surface area is 105 Å². The number of piperazine rings is 1. The SMILES string of the molecule is Brc1ccccc1CCN1CC2CC1CN2. The molecule has 0 aliphatic carbocycles. The zero-order valence-corrected chi connectivity index (χ0v) is 10.9. The molecule has 0 spiro atoms. The molecule has 2 saturated heterocycles. The third kappa shape index (κ3) is 2.04. The first-order chi connectivity index (χ1) is 7.83. The van der Waals surface area contributed by atoms with Crippen LogP contribution in [0.5, 0.6) is 0 Å². The van der Waals surface area contributed by atoms with Gasteiger partial charge in [-0.05, 0) is 24.5 Å². The van der Waals surface area contributed by atoms with E-state index in [1.165, 1.54) is 36.1 Å². The Kier molecular flexibility index (Phi) is 3.01. The van der Waals surface area contributed by atoms with Crippen LogP contribution in [-0.2, 0) is 6.42 Å². The molecule has 2 fully saturated rings. The minimum Gasteiger partial charge on any atom is -0.311 e. The summed E-state index contributed by atoms with van der Waals surface area (Å²) in [5.74, 6) is 0. The molecule has 1 aromatic rings. The lowest BCUT2D eigenvalue weighted by atomic mass is 10.1. The summed E-state index contributed by atoms with van der Waals surface area (Å²) in [7, 11) is 0. The molecule has 2 aliphatic rings. The van der Waals surface area contributed by atoms with Crippen LogP contribution in [0.2, 0.25) is 0 Å². The van der Waals surface area contributed by atoms with Gasteiger partial charge in [0.05, 0.1) is 0 Å². The van der Waals surface area contributed by atoms with Crippen molar-refractivity contribution in [3.63, 3.8) is 0 Å². The number of nitrogens with one attached hydrogen (secondary N) is 1. The molecule has 1 aromatic carbocycles. The number of likely N-dealkylation sites (tertiary alicyclic amines) is 1. The lowest BCUT2D eigenvalue weighted by Crippen LogP contribution is -2.44. The van der Waals surface area contributed by atoms with Crippen molar-refractivity contribution in [1.82, 2.24) is 10.2 Å². The lowest BCUT2D eigenvalue weighted by molar-refractivity contribution is 0.228. The zero-order valence-electron chi connectivity index (χ0n) is 9.32. The normalized spacial score (nSPS) is 28.8. The highest BCUT2D eigenvalue weighted by atomic mass is 79.9. The summed E-state index contributed by atoms with van der Waals surface area (Å²) < 4.78 is 1.25. The molecule has 0 aromatic heterocycles. The minimum absolute atomic E-state index is 0.768. The van der Waals surface area contributed by atoms with Crippen LogP contribution in [0, 0.1) is 0 Å². The van der Waals surface area contributed by atoms with Crippen LogP contribution >= 0.6 is 15.9 Å². The van der Waals surface area contributed by atoms with Gasteiger partial charge >= 0.3 is 0 Å². The van der Waals surface area contributed by atoms with Gasteiger partial charge in [-0.1, -0.05) is 34.1 Å². The van der Waals surface area contributed by atoms with Crippen LogP contribution < -0.4 is 5.32 Å². The van der Waals surface area contributed by atoms with Gasteiger partial charge in [-0.3, -0.25) is 4.90 Å². The molecule has 1 N–H and O–H groups in total. The van der Waals surface area contributed by atoms with Crippen molar-refractivity contribution in [2.45, 2.75) is 24.9 Å². The Morgan fingerprint density at radius 3 is 2.94 bits per heavy atom. The summed E-state index contributed by atoms with van der Waals surface area (Å²) >= 11 is 3.62. The molecule has 2 nitrogen and oxygen atoms in total. The standard InChI is InChI=1S/C13H17BrN2/c14-13-4-2-1-3-10(13)5-6-16-9-11-7-12(16)8-15-11/h1-4,11-12,15H,5-9H2. The van der Waals surface area contributed by atoms with Gasteiger partial charge in [-0.2, -0.15) is 0 Å². The second-order valence-corrected chi connectivity index (χ2v) is 5.69. The number of hydrogen-bond acceptors (Lipinski definition) is 2. The molecule has 3 rings (SSSR count). The second-order valence-electron chi connectivity index (χ2n) is 4.83. The van der Waals surface area contributed by atoms with E-state index >= 15 is 0 Å². The van der Waals surface area contributed by atoms with Crippen molar-refractivity contribution in [2.24, 2.45) is 0 Å². The maximum Gasteiger partial charge on any atom is 0.0236 e. The minimum atomic E-state index is 0.768. The number of fused-ring (bicyclic) bond motifs is 2. The van der Waals surface area contributed by atoms with Crippen LogP contribution in [0.25, 0.3) is 0 Å². The first-order valence-corrected chi connectivity index (χ1v) is 6.83. The van der Waals surface area contributed by atoms with E-state index < -0.39 is 0 Å². The molecular weight excluding hydrogens is 264 g/mol. The third-order valence-corrected chi connectivity index (χ3v) is 4.57. The first kappa shape index (κ1) is 10.8. The number of rotatable bonds is 3. The van der Waals surface area contributed by atoms with E-state index in [-0.39, 0.29) is 0 Å². The smallest absolute Gasteiger partial charge is 0.0236 e. The van der Waals surface area contributed by atoms with Crippen LogP contribution in [0.15, 0.2) is 28.7 Å². The Bertz CT molecular complexity index is 380. The highest BCUT2D eigenvalue weighted by molar-refractivity contribution is 9.10. The molecule has 2 bridgehead atoms. The predicted molar refractivity (Wildman–Crippen MR) is 69.6 cm³/mol. The molecule has 2 aliphatic heterocycles. The van der Waals surface area contributed by atoms with Crippen molar-refractivity contribution in [1.29, 1.82) is 0 Å². The maximum absolute atomic E-state index is 3.62. The summed E-state index contributed by atoms with van der Waals surface area (Å²) in [6.07, 6.45) is 2.51.